The zero-order valence-electron chi connectivity index (χ0n) is 21.1. The second kappa shape index (κ2) is 11.9. The van der Waals surface area contributed by atoms with E-state index in [1.807, 2.05) is 6.92 Å². The number of benzene rings is 3. The van der Waals surface area contributed by atoms with Crippen molar-refractivity contribution in [3.8, 4) is 5.75 Å². The number of nitrogens with zero attached hydrogens (tertiary/aromatic N) is 2. The van der Waals surface area contributed by atoms with Gasteiger partial charge in [-0.3, -0.25) is 13.9 Å². The molecule has 196 valence electrons. The molecule has 0 aliphatic carbocycles. The van der Waals surface area contributed by atoms with Gasteiger partial charge in [-0.05, 0) is 67.9 Å². The Kier molecular flexibility index (Phi) is 8.88. The molecule has 3 rings (SSSR count). The molecule has 8 nitrogen and oxygen atoms in total. The average molecular weight is 528 g/mol. The van der Waals surface area contributed by atoms with Crippen LogP contribution in [0.4, 0.5) is 10.1 Å². The van der Waals surface area contributed by atoms with Gasteiger partial charge in [-0.25, -0.2) is 12.8 Å². The fourth-order valence-corrected chi connectivity index (χ4v) is 5.15. The molecule has 0 aliphatic rings. The summed E-state index contributed by atoms with van der Waals surface area (Å²) in [5.74, 6) is -0.997. The number of hydrogen-bond donors (Lipinski definition) is 1. The second-order valence-electron chi connectivity index (χ2n) is 8.46. The third-order valence-electron chi connectivity index (χ3n) is 5.90. The van der Waals surface area contributed by atoms with Crippen molar-refractivity contribution >= 4 is 27.5 Å². The molecular weight excluding hydrogens is 497 g/mol. The lowest BCUT2D eigenvalue weighted by Crippen LogP contribution is -2.50. The summed E-state index contributed by atoms with van der Waals surface area (Å²) in [5.41, 5.74) is 1.87. The molecule has 0 heterocycles. The van der Waals surface area contributed by atoms with Gasteiger partial charge in [0.05, 0.1) is 17.7 Å². The van der Waals surface area contributed by atoms with Gasteiger partial charge in [0.25, 0.3) is 10.0 Å². The predicted molar refractivity (Wildman–Crippen MR) is 139 cm³/mol. The number of aryl methyl sites for hydroxylation is 1. The van der Waals surface area contributed by atoms with Crippen molar-refractivity contribution in [3.05, 3.63) is 89.7 Å². The highest BCUT2D eigenvalue weighted by molar-refractivity contribution is 7.92. The summed E-state index contributed by atoms with van der Waals surface area (Å²) >= 11 is 0. The van der Waals surface area contributed by atoms with Crippen LogP contribution in [0.5, 0.6) is 5.75 Å². The molecule has 37 heavy (non-hydrogen) atoms. The van der Waals surface area contributed by atoms with Gasteiger partial charge in [0.15, 0.2) is 0 Å². The van der Waals surface area contributed by atoms with Crippen molar-refractivity contribution in [1.82, 2.24) is 10.2 Å². The first-order valence-corrected chi connectivity index (χ1v) is 13.0. The number of ether oxygens (including phenoxy) is 1. The SMILES string of the molecule is CNC(=O)C(C)N(Cc1cccc(OC)c1)C(=O)CN(c1ccc(C)cc1)S(=O)(=O)c1ccc(F)cc1. The summed E-state index contributed by atoms with van der Waals surface area (Å²) in [7, 11) is -1.26. The number of rotatable bonds is 10. The molecule has 0 saturated heterocycles. The molecule has 3 aromatic carbocycles. The average Bonchev–Trinajstić information content (AvgIpc) is 2.90. The summed E-state index contributed by atoms with van der Waals surface area (Å²) in [5, 5.41) is 2.54. The first kappa shape index (κ1) is 27.7. The topological polar surface area (TPSA) is 96.0 Å². The molecule has 1 atom stereocenters. The molecule has 0 spiro atoms. The lowest BCUT2D eigenvalue weighted by atomic mass is 10.1. The smallest absolute Gasteiger partial charge is 0.264 e. The number of hydrogen-bond acceptors (Lipinski definition) is 5. The minimum atomic E-state index is -4.25. The number of nitrogens with one attached hydrogen (secondary N) is 1. The van der Waals surface area contributed by atoms with Crippen LogP contribution in [0, 0.1) is 12.7 Å². The van der Waals surface area contributed by atoms with Crippen molar-refractivity contribution < 1.29 is 27.1 Å². The molecule has 1 N–H and O–H groups in total. The van der Waals surface area contributed by atoms with Gasteiger partial charge in [0, 0.05) is 13.6 Å². The first-order chi connectivity index (χ1) is 17.6. The van der Waals surface area contributed by atoms with Gasteiger partial charge < -0.3 is 15.0 Å². The highest BCUT2D eigenvalue weighted by Gasteiger charge is 2.32. The zero-order chi connectivity index (χ0) is 27.2. The van der Waals surface area contributed by atoms with Gasteiger partial charge >= 0.3 is 0 Å². The second-order valence-corrected chi connectivity index (χ2v) is 10.3. The van der Waals surface area contributed by atoms with Crippen LogP contribution in [0.1, 0.15) is 18.1 Å². The lowest BCUT2D eigenvalue weighted by Gasteiger charge is -2.31. The normalized spacial score (nSPS) is 11.9. The molecule has 0 aliphatic heterocycles. The minimum Gasteiger partial charge on any atom is -0.497 e. The Hall–Kier alpha value is -3.92. The summed E-state index contributed by atoms with van der Waals surface area (Å²) in [6.07, 6.45) is 0. The Labute approximate surface area is 216 Å². The summed E-state index contributed by atoms with van der Waals surface area (Å²) < 4.78 is 47.0. The third kappa shape index (κ3) is 6.65. The number of likely N-dealkylation sites (N-methyl/N-ethyl adjacent to an activating group) is 1. The minimum absolute atomic E-state index is 0.0446. The van der Waals surface area contributed by atoms with Crippen LogP contribution in [0.15, 0.2) is 77.7 Å². The van der Waals surface area contributed by atoms with Crippen LogP contribution in [0.2, 0.25) is 0 Å². The molecule has 0 aromatic heterocycles. The summed E-state index contributed by atoms with van der Waals surface area (Å²) in [4.78, 5) is 27.4. The van der Waals surface area contributed by atoms with Crippen LogP contribution in [-0.4, -0.2) is 51.9 Å². The number of carbonyl (C=O) groups excluding carboxylic acids is 2. The molecule has 3 aromatic rings. The van der Waals surface area contributed by atoms with Gasteiger partial charge in [0.2, 0.25) is 11.8 Å². The van der Waals surface area contributed by atoms with E-state index in [-0.39, 0.29) is 17.1 Å². The molecule has 0 radical (unpaired) electrons. The lowest BCUT2D eigenvalue weighted by molar-refractivity contribution is -0.139. The van der Waals surface area contributed by atoms with E-state index < -0.39 is 40.2 Å². The maximum atomic E-state index is 13.7. The highest BCUT2D eigenvalue weighted by atomic mass is 32.2. The van der Waals surface area contributed by atoms with E-state index in [4.69, 9.17) is 4.74 Å². The van der Waals surface area contributed by atoms with Crippen LogP contribution >= 0.6 is 0 Å². The van der Waals surface area contributed by atoms with Gasteiger partial charge in [-0.15, -0.1) is 0 Å². The quantitative estimate of drug-likeness (QED) is 0.436. The largest absolute Gasteiger partial charge is 0.497 e. The predicted octanol–water partition coefficient (Wildman–Crippen LogP) is 3.50. The first-order valence-electron chi connectivity index (χ1n) is 11.6. The monoisotopic (exact) mass is 527 g/mol. The number of anilines is 1. The maximum Gasteiger partial charge on any atom is 0.264 e. The molecule has 10 heteroatoms. The van der Waals surface area contributed by atoms with E-state index in [1.54, 1.807) is 55.5 Å². The van der Waals surface area contributed by atoms with Crippen LogP contribution < -0.4 is 14.4 Å². The van der Waals surface area contributed by atoms with Crippen LogP contribution in [-0.2, 0) is 26.2 Å². The van der Waals surface area contributed by atoms with E-state index in [9.17, 15) is 22.4 Å². The summed E-state index contributed by atoms with van der Waals surface area (Å²) in [6.45, 7) is 2.90. The number of carbonyl (C=O) groups is 2. The number of sulfonamides is 1. The molecule has 0 bridgehead atoms. The fraction of sp³-hybridized carbons (Fsp3) is 0.259. The molecule has 0 saturated carbocycles. The van der Waals surface area contributed by atoms with E-state index in [0.717, 1.165) is 34.1 Å². The van der Waals surface area contributed by atoms with Crippen molar-refractivity contribution in [2.75, 3.05) is 25.0 Å². The Morgan fingerprint density at radius 3 is 2.27 bits per heavy atom. The van der Waals surface area contributed by atoms with E-state index >= 15 is 0 Å². The summed E-state index contributed by atoms with van der Waals surface area (Å²) in [6, 6.07) is 17.2. The zero-order valence-corrected chi connectivity index (χ0v) is 22.0. The van der Waals surface area contributed by atoms with Gasteiger partial charge in [-0.2, -0.15) is 0 Å². The fourth-order valence-electron chi connectivity index (χ4n) is 3.73. The Morgan fingerprint density at radius 2 is 1.68 bits per heavy atom. The molecule has 1 unspecified atom stereocenters. The van der Waals surface area contributed by atoms with E-state index in [0.29, 0.717) is 11.3 Å². The Balaban J connectivity index is 2.02. The maximum absolute atomic E-state index is 13.7. The standard InChI is InChI=1S/C27H30FN3O5S/c1-19-8-12-23(13-9-19)31(37(34,35)25-14-10-22(28)11-15-25)18-26(32)30(20(2)27(33)29-3)17-21-6-5-7-24(16-21)36-4/h5-16,20H,17-18H2,1-4H3,(H,29,33). The third-order valence-corrected chi connectivity index (χ3v) is 7.69. The van der Waals surface area contributed by atoms with Gasteiger partial charge in [0.1, 0.15) is 24.2 Å². The van der Waals surface area contributed by atoms with Crippen molar-refractivity contribution in [2.45, 2.75) is 31.3 Å². The molecule has 0 fully saturated rings. The number of amides is 2. The van der Waals surface area contributed by atoms with Crippen LogP contribution in [0.25, 0.3) is 0 Å². The Morgan fingerprint density at radius 1 is 1.03 bits per heavy atom. The van der Waals surface area contributed by atoms with E-state index in [1.165, 1.54) is 19.1 Å². The van der Waals surface area contributed by atoms with Gasteiger partial charge in [-0.1, -0.05) is 29.8 Å². The molecular formula is C27H30FN3O5S. The number of halogens is 1. The Bertz CT molecular complexity index is 1350. The van der Waals surface area contributed by atoms with Crippen molar-refractivity contribution in [1.29, 1.82) is 0 Å². The molecule has 2 amide bonds. The van der Waals surface area contributed by atoms with E-state index in [2.05, 4.69) is 5.32 Å². The highest BCUT2D eigenvalue weighted by Crippen LogP contribution is 2.25. The van der Waals surface area contributed by atoms with Crippen LogP contribution in [0.3, 0.4) is 0 Å². The van der Waals surface area contributed by atoms with Crippen molar-refractivity contribution in [3.63, 3.8) is 0 Å². The van der Waals surface area contributed by atoms with Crippen molar-refractivity contribution in [2.24, 2.45) is 0 Å². The number of methoxy groups -OCH3 is 1.